The fourth-order valence-electron chi connectivity index (χ4n) is 2.97. The number of rotatable bonds is 3. The van der Waals surface area contributed by atoms with Gasteiger partial charge in [-0.05, 0) is 42.4 Å². The summed E-state index contributed by atoms with van der Waals surface area (Å²) in [7, 11) is 0. The maximum Gasteiger partial charge on any atom is 0.143 e. The molecule has 0 radical (unpaired) electrons. The molecule has 21 heavy (non-hydrogen) atoms. The van der Waals surface area contributed by atoms with E-state index in [1.165, 1.54) is 47.8 Å². The Morgan fingerprint density at radius 2 is 1.71 bits per heavy atom. The Labute approximate surface area is 142 Å². The van der Waals surface area contributed by atoms with E-state index in [-0.39, 0.29) is 5.41 Å². The second-order valence-electron chi connectivity index (χ2n) is 7.06. The zero-order valence-electron chi connectivity index (χ0n) is 13.8. The molecule has 118 valence electrons. The standard InChI is InChI=1S/C17H28IN3/c1-5-19-16-13(18)14(17(2,3)4)20-15(21-16)12-10-8-6-7-9-11-12/h12H,5-11H2,1-4H3,(H,19,20,21). The van der Waals surface area contributed by atoms with Crippen LogP contribution in [0.3, 0.4) is 0 Å². The average Bonchev–Trinajstić information content (AvgIpc) is 2.69. The Morgan fingerprint density at radius 3 is 2.24 bits per heavy atom. The first-order valence-corrected chi connectivity index (χ1v) is 9.33. The Hall–Kier alpha value is -0.390. The first-order chi connectivity index (χ1) is 9.93. The third kappa shape index (κ3) is 4.30. The molecule has 1 fully saturated rings. The number of hydrogen-bond acceptors (Lipinski definition) is 3. The summed E-state index contributed by atoms with van der Waals surface area (Å²) in [6.45, 7) is 9.75. The Balaban J connectivity index is 2.42. The Bertz CT molecular complexity index is 472. The number of nitrogens with zero attached hydrogens (tertiary/aromatic N) is 2. The molecular formula is C17H28IN3. The summed E-state index contributed by atoms with van der Waals surface area (Å²) in [5.41, 5.74) is 1.25. The summed E-state index contributed by atoms with van der Waals surface area (Å²) in [6, 6.07) is 0. The highest BCUT2D eigenvalue weighted by atomic mass is 127. The first-order valence-electron chi connectivity index (χ1n) is 8.25. The molecule has 0 amide bonds. The molecule has 1 aliphatic carbocycles. The van der Waals surface area contributed by atoms with Crippen molar-refractivity contribution in [3.63, 3.8) is 0 Å². The van der Waals surface area contributed by atoms with Gasteiger partial charge in [-0.2, -0.15) is 0 Å². The van der Waals surface area contributed by atoms with Crippen molar-refractivity contribution >= 4 is 28.4 Å². The molecule has 0 saturated heterocycles. The van der Waals surface area contributed by atoms with Crippen molar-refractivity contribution in [1.82, 2.24) is 9.97 Å². The van der Waals surface area contributed by atoms with Gasteiger partial charge >= 0.3 is 0 Å². The number of anilines is 1. The molecule has 0 unspecified atom stereocenters. The quantitative estimate of drug-likeness (QED) is 0.556. The molecule has 4 heteroatoms. The first kappa shape index (κ1) is 17.0. The van der Waals surface area contributed by atoms with Gasteiger partial charge in [-0.3, -0.25) is 0 Å². The predicted octanol–water partition coefficient (Wildman–Crippen LogP) is 5.25. The summed E-state index contributed by atoms with van der Waals surface area (Å²) in [5, 5.41) is 3.42. The van der Waals surface area contributed by atoms with E-state index in [9.17, 15) is 0 Å². The molecule has 0 spiro atoms. The van der Waals surface area contributed by atoms with Gasteiger partial charge in [-0.25, -0.2) is 9.97 Å². The normalized spacial score (nSPS) is 17.6. The van der Waals surface area contributed by atoms with Crippen molar-refractivity contribution in [2.24, 2.45) is 0 Å². The summed E-state index contributed by atoms with van der Waals surface area (Å²) >= 11 is 2.40. The van der Waals surface area contributed by atoms with E-state index >= 15 is 0 Å². The molecule has 0 bridgehead atoms. The second kappa shape index (κ2) is 7.25. The monoisotopic (exact) mass is 401 g/mol. The SMILES string of the molecule is CCNc1nc(C2CCCCCC2)nc(C(C)(C)C)c1I. The molecule has 0 aromatic carbocycles. The van der Waals surface area contributed by atoms with Crippen molar-refractivity contribution in [2.75, 3.05) is 11.9 Å². The van der Waals surface area contributed by atoms with Gasteiger partial charge < -0.3 is 5.32 Å². The molecule has 1 saturated carbocycles. The average molecular weight is 401 g/mol. The summed E-state index contributed by atoms with van der Waals surface area (Å²) < 4.78 is 1.18. The van der Waals surface area contributed by atoms with Gasteiger partial charge in [0, 0.05) is 17.9 Å². The molecule has 2 rings (SSSR count). The molecule has 1 aliphatic rings. The van der Waals surface area contributed by atoms with Crippen molar-refractivity contribution in [2.45, 2.75) is 77.6 Å². The maximum atomic E-state index is 4.99. The van der Waals surface area contributed by atoms with Gasteiger partial charge in [0.05, 0.1) is 9.26 Å². The minimum atomic E-state index is 0.0586. The van der Waals surface area contributed by atoms with Gasteiger partial charge in [0.1, 0.15) is 11.6 Å². The zero-order valence-corrected chi connectivity index (χ0v) is 16.0. The molecule has 0 aliphatic heterocycles. The summed E-state index contributed by atoms with van der Waals surface area (Å²) in [6.07, 6.45) is 7.87. The fraction of sp³-hybridized carbons (Fsp3) is 0.765. The van der Waals surface area contributed by atoms with Crippen LogP contribution in [0.4, 0.5) is 5.82 Å². The topological polar surface area (TPSA) is 37.8 Å². The fourth-order valence-corrected chi connectivity index (χ4v) is 4.21. The lowest BCUT2D eigenvalue weighted by molar-refractivity contribution is 0.525. The van der Waals surface area contributed by atoms with Gasteiger partial charge in [0.2, 0.25) is 0 Å². The Kier molecular flexibility index (Phi) is 5.86. The number of hydrogen-bond donors (Lipinski definition) is 1. The molecule has 1 aromatic rings. The van der Waals surface area contributed by atoms with E-state index in [1.807, 2.05) is 0 Å². The Morgan fingerprint density at radius 1 is 1.10 bits per heavy atom. The van der Waals surface area contributed by atoms with Crippen LogP contribution in [0, 0.1) is 3.57 Å². The predicted molar refractivity (Wildman–Crippen MR) is 98.1 cm³/mol. The lowest BCUT2D eigenvalue weighted by Gasteiger charge is -2.24. The second-order valence-corrected chi connectivity index (χ2v) is 8.14. The smallest absolute Gasteiger partial charge is 0.143 e. The van der Waals surface area contributed by atoms with Gasteiger partial charge in [0.15, 0.2) is 0 Å². The van der Waals surface area contributed by atoms with Crippen LogP contribution in [-0.2, 0) is 5.41 Å². The van der Waals surface area contributed by atoms with E-state index in [2.05, 4.69) is 55.6 Å². The van der Waals surface area contributed by atoms with E-state index in [0.717, 1.165) is 18.2 Å². The number of nitrogens with one attached hydrogen (secondary N) is 1. The van der Waals surface area contributed by atoms with Gasteiger partial charge in [-0.1, -0.05) is 46.5 Å². The molecule has 0 atom stereocenters. The lowest BCUT2D eigenvalue weighted by Crippen LogP contribution is -2.21. The van der Waals surface area contributed by atoms with Crippen LogP contribution in [-0.4, -0.2) is 16.5 Å². The minimum Gasteiger partial charge on any atom is -0.369 e. The van der Waals surface area contributed by atoms with E-state index in [4.69, 9.17) is 9.97 Å². The number of aromatic nitrogens is 2. The van der Waals surface area contributed by atoms with Crippen LogP contribution in [0.2, 0.25) is 0 Å². The third-order valence-corrected chi connectivity index (χ3v) is 5.17. The highest BCUT2D eigenvalue weighted by Gasteiger charge is 2.26. The zero-order chi connectivity index (χ0) is 15.5. The van der Waals surface area contributed by atoms with E-state index in [1.54, 1.807) is 0 Å². The lowest BCUT2D eigenvalue weighted by atomic mass is 9.91. The minimum absolute atomic E-state index is 0.0586. The van der Waals surface area contributed by atoms with E-state index in [0.29, 0.717) is 5.92 Å². The molecular weight excluding hydrogens is 373 g/mol. The number of halogens is 1. The molecule has 1 N–H and O–H groups in total. The molecule has 1 aromatic heterocycles. The largest absolute Gasteiger partial charge is 0.369 e. The maximum absolute atomic E-state index is 4.99. The van der Waals surface area contributed by atoms with Crippen molar-refractivity contribution < 1.29 is 0 Å². The van der Waals surface area contributed by atoms with E-state index < -0.39 is 0 Å². The summed E-state index contributed by atoms with van der Waals surface area (Å²) in [5.74, 6) is 2.64. The van der Waals surface area contributed by atoms with Crippen LogP contribution in [0.1, 0.15) is 83.7 Å². The van der Waals surface area contributed by atoms with Crippen molar-refractivity contribution in [3.8, 4) is 0 Å². The van der Waals surface area contributed by atoms with Crippen LogP contribution in [0.15, 0.2) is 0 Å². The van der Waals surface area contributed by atoms with Gasteiger partial charge in [0.25, 0.3) is 0 Å². The highest BCUT2D eigenvalue weighted by molar-refractivity contribution is 14.1. The third-order valence-electron chi connectivity index (χ3n) is 4.14. The van der Waals surface area contributed by atoms with Crippen LogP contribution in [0.25, 0.3) is 0 Å². The highest BCUT2D eigenvalue weighted by Crippen LogP contribution is 2.34. The van der Waals surface area contributed by atoms with Crippen LogP contribution >= 0.6 is 22.6 Å². The molecule has 3 nitrogen and oxygen atoms in total. The van der Waals surface area contributed by atoms with Crippen molar-refractivity contribution in [3.05, 3.63) is 15.1 Å². The van der Waals surface area contributed by atoms with Crippen molar-refractivity contribution in [1.29, 1.82) is 0 Å². The van der Waals surface area contributed by atoms with Crippen LogP contribution < -0.4 is 5.32 Å². The molecule has 1 heterocycles. The van der Waals surface area contributed by atoms with Gasteiger partial charge in [-0.15, -0.1) is 0 Å². The summed E-state index contributed by atoms with van der Waals surface area (Å²) in [4.78, 5) is 9.86. The van der Waals surface area contributed by atoms with Crippen LogP contribution in [0.5, 0.6) is 0 Å².